The summed E-state index contributed by atoms with van der Waals surface area (Å²) in [5.41, 5.74) is 6.86. The van der Waals surface area contributed by atoms with E-state index >= 15 is 0 Å². The lowest BCUT2D eigenvalue weighted by Gasteiger charge is -2.05. The number of carbonyl (C=O) groups is 1. The van der Waals surface area contributed by atoms with Gasteiger partial charge in [0.05, 0.1) is 21.9 Å². The Bertz CT molecular complexity index is 584. The molecule has 0 fully saturated rings. The van der Waals surface area contributed by atoms with Crippen molar-refractivity contribution in [1.82, 2.24) is 4.98 Å². The molecule has 0 unspecified atom stereocenters. The lowest BCUT2D eigenvalue weighted by molar-refractivity contribution is 0.103. The number of pyridine rings is 1. The van der Waals surface area contributed by atoms with E-state index in [4.69, 9.17) is 28.9 Å². The molecule has 0 aliphatic heterocycles. The number of carbonyl (C=O) groups excluding carboxylic acids is 1. The highest BCUT2D eigenvalue weighted by Crippen LogP contribution is 2.24. The monoisotopic (exact) mass is 266 g/mol. The van der Waals surface area contributed by atoms with E-state index < -0.39 is 0 Å². The molecule has 1 heterocycles. The fourth-order valence-electron chi connectivity index (χ4n) is 1.41. The molecule has 2 rings (SSSR count). The van der Waals surface area contributed by atoms with Gasteiger partial charge in [-0.3, -0.25) is 9.78 Å². The molecule has 2 aromatic rings. The molecule has 0 amide bonds. The zero-order chi connectivity index (χ0) is 12.4. The summed E-state index contributed by atoms with van der Waals surface area (Å²) in [6.07, 6.45) is 2.95. The molecule has 2 N–H and O–H groups in total. The van der Waals surface area contributed by atoms with Gasteiger partial charge < -0.3 is 5.73 Å². The second-order valence-electron chi connectivity index (χ2n) is 3.42. The number of ketones is 1. The zero-order valence-corrected chi connectivity index (χ0v) is 10.2. The number of aromatic nitrogens is 1. The van der Waals surface area contributed by atoms with Crippen LogP contribution in [0.25, 0.3) is 0 Å². The van der Waals surface area contributed by atoms with Gasteiger partial charge in [-0.25, -0.2) is 0 Å². The van der Waals surface area contributed by atoms with Crippen LogP contribution in [-0.4, -0.2) is 10.8 Å². The maximum Gasteiger partial charge on any atom is 0.195 e. The topological polar surface area (TPSA) is 56.0 Å². The first-order valence-electron chi connectivity index (χ1n) is 4.79. The van der Waals surface area contributed by atoms with Gasteiger partial charge in [0.15, 0.2) is 5.78 Å². The van der Waals surface area contributed by atoms with Crippen molar-refractivity contribution >= 4 is 34.7 Å². The predicted molar refractivity (Wildman–Crippen MR) is 68.5 cm³/mol. The SMILES string of the molecule is Nc1cnccc1C(=O)c1ccc(Cl)c(Cl)c1. The highest BCUT2D eigenvalue weighted by molar-refractivity contribution is 6.42. The number of rotatable bonds is 2. The van der Waals surface area contributed by atoms with Crippen molar-refractivity contribution in [3.8, 4) is 0 Å². The Labute approximate surface area is 108 Å². The van der Waals surface area contributed by atoms with Crippen LogP contribution in [0.4, 0.5) is 5.69 Å². The van der Waals surface area contributed by atoms with Crippen LogP contribution in [0, 0.1) is 0 Å². The minimum atomic E-state index is -0.205. The Hall–Kier alpha value is -1.58. The van der Waals surface area contributed by atoms with Gasteiger partial charge in [0, 0.05) is 17.3 Å². The van der Waals surface area contributed by atoms with E-state index in [1.54, 1.807) is 18.2 Å². The lowest BCUT2D eigenvalue weighted by Crippen LogP contribution is -2.05. The first-order valence-corrected chi connectivity index (χ1v) is 5.54. The smallest absolute Gasteiger partial charge is 0.195 e. The fourth-order valence-corrected chi connectivity index (χ4v) is 1.70. The minimum Gasteiger partial charge on any atom is -0.397 e. The highest BCUT2D eigenvalue weighted by Gasteiger charge is 2.13. The number of nitrogen functional groups attached to an aromatic ring is 1. The maximum absolute atomic E-state index is 12.1. The molecule has 1 aromatic carbocycles. The van der Waals surface area contributed by atoms with E-state index in [0.717, 1.165) is 0 Å². The molecule has 3 nitrogen and oxygen atoms in total. The first kappa shape index (κ1) is 11.9. The van der Waals surface area contributed by atoms with Crippen molar-refractivity contribution < 1.29 is 4.79 Å². The van der Waals surface area contributed by atoms with Crippen LogP contribution in [0.1, 0.15) is 15.9 Å². The van der Waals surface area contributed by atoms with Crippen LogP contribution in [-0.2, 0) is 0 Å². The van der Waals surface area contributed by atoms with Crippen LogP contribution in [0.5, 0.6) is 0 Å². The molecule has 86 valence electrons. The van der Waals surface area contributed by atoms with E-state index in [0.29, 0.717) is 26.9 Å². The number of anilines is 1. The second kappa shape index (κ2) is 4.73. The zero-order valence-electron chi connectivity index (χ0n) is 8.65. The molecule has 0 atom stereocenters. The van der Waals surface area contributed by atoms with Crippen molar-refractivity contribution in [3.05, 3.63) is 57.8 Å². The molecule has 1 aromatic heterocycles. The fraction of sp³-hybridized carbons (Fsp3) is 0. The highest BCUT2D eigenvalue weighted by atomic mass is 35.5. The molecule has 0 radical (unpaired) electrons. The first-order chi connectivity index (χ1) is 8.09. The Morgan fingerprint density at radius 1 is 1.18 bits per heavy atom. The van der Waals surface area contributed by atoms with Crippen molar-refractivity contribution in [2.24, 2.45) is 0 Å². The number of nitrogens with two attached hydrogens (primary N) is 1. The third kappa shape index (κ3) is 2.40. The molecule has 0 saturated carbocycles. The molecule has 0 saturated heterocycles. The molecule has 0 bridgehead atoms. The standard InChI is InChI=1S/C12H8Cl2N2O/c13-9-2-1-7(5-10(9)14)12(17)8-3-4-16-6-11(8)15/h1-6H,15H2. The average Bonchev–Trinajstić information content (AvgIpc) is 2.32. The Morgan fingerprint density at radius 3 is 2.59 bits per heavy atom. The molecular weight excluding hydrogens is 259 g/mol. The van der Waals surface area contributed by atoms with E-state index in [-0.39, 0.29) is 5.78 Å². The van der Waals surface area contributed by atoms with Crippen LogP contribution in [0.3, 0.4) is 0 Å². The van der Waals surface area contributed by atoms with Crippen molar-refractivity contribution in [2.45, 2.75) is 0 Å². The maximum atomic E-state index is 12.1. The summed E-state index contributed by atoms with van der Waals surface area (Å²) >= 11 is 11.6. The van der Waals surface area contributed by atoms with E-state index in [9.17, 15) is 4.79 Å². The van der Waals surface area contributed by atoms with Gasteiger partial charge in [0.25, 0.3) is 0 Å². The molecule has 0 aliphatic carbocycles. The number of hydrogen-bond acceptors (Lipinski definition) is 3. The number of halogens is 2. The molecule has 5 heteroatoms. The number of hydrogen-bond donors (Lipinski definition) is 1. The van der Waals surface area contributed by atoms with Crippen molar-refractivity contribution in [3.63, 3.8) is 0 Å². The quantitative estimate of drug-likeness (QED) is 0.850. The summed E-state index contributed by atoms with van der Waals surface area (Å²) in [6.45, 7) is 0. The number of benzene rings is 1. The van der Waals surface area contributed by atoms with Crippen molar-refractivity contribution in [1.29, 1.82) is 0 Å². The van der Waals surface area contributed by atoms with Gasteiger partial charge in [-0.05, 0) is 24.3 Å². The van der Waals surface area contributed by atoms with Crippen LogP contribution in [0.15, 0.2) is 36.7 Å². The second-order valence-corrected chi connectivity index (χ2v) is 4.24. The van der Waals surface area contributed by atoms with Gasteiger partial charge in [-0.1, -0.05) is 23.2 Å². The average molecular weight is 267 g/mol. The summed E-state index contributed by atoms with van der Waals surface area (Å²) in [5.74, 6) is -0.205. The van der Waals surface area contributed by atoms with E-state index in [1.165, 1.54) is 18.5 Å². The summed E-state index contributed by atoms with van der Waals surface area (Å²) in [5, 5.41) is 0.746. The van der Waals surface area contributed by atoms with Gasteiger partial charge in [-0.15, -0.1) is 0 Å². The van der Waals surface area contributed by atoms with Crippen LogP contribution < -0.4 is 5.73 Å². The molecule has 17 heavy (non-hydrogen) atoms. The summed E-state index contributed by atoms with van der Waals surface area (Å²) in [6, 6.07) is 6.27. The van der Waals surface area contributed by atoms with Gasteiger partial charge in [0.2, 0.25) is 0 Å². The summed E-state index contributed by atoms with van der Waals surface area (Å²) < 4.78 is 0. The normalized spacial score (nSPS) is 10.2. The summed E-state index contributed by atoms with van der Waals surface area (Å²) in [4.78, 5) is 15.9. The Morgan fingerprint density at radius 2 is 1.94 bits per heavy atom. The van der Waals surface area contributed by atoms with Crippen molar-refractivity contribution in [2.75, 3.05) is 5.73 Å². The Kier molecular flexibility index (Phi) is 3.31. The molecule has 0 aliphatic rings. The third-order valence-electron chi connectivity index (χ3n) is 2.28. The van der Waals surface area contributed by atoms with Crippen LogP contribution >= 0.6 is 23.2 Å². The van der Waals surface area contributed by atoms with Gasteiger partial charge >= 0.3 is 0 Å². The molecule has 0 spiro atoms. The van der Waals surface area contributed by atoms with Gasteiger partial charge in [0.1, 0.15) is 0 Å². The summed E-state index contributed by atoms with van der Waals surface area (Å²) in [7, 11) is 0. The third-order valence-corrected chi connectivity index (χ3v) is 3.02. The lowest BCUT2D eigenvalue weighted by atomic mass is 10.0. The largest absolute Gasteiger partial charge is 0.397 e. The predicted octanol–water partition coefficient (Wildman–Crippen LogP) is 3.20. The van der Waals surface area contributed by atoms with E-state index in [1.807, 2.05) is 0 Å². The number of nitrogens with zero attached hydrogens (tertiary/aromatic N) is 1. The Balaban J connectivity index is 2.44. The van der Waals surface area contributed by atoms with Crippen LogP contribution in [0.2, 0.25) is 10.0 Å². The molecular formula is C12H8Cl2N2O. The van der Waals surface area contributed by atoms with Gasteiger partial charge in [-0.2, -0.15) is 0 Å². The van der Waals surface area contributed by atoms with E-state index in [2.05, 4.69) is 4.98 Å². The minimum absolute atomic E-state index is 0.205.